The topological polar surface area (TPSA) is 86.9 Å². The van der Waals surface area contributed by atoms with Gasteiger partial charge in [-0.1, -0.05) is 11.8 Å². The van der Waals surface area contributed by atoms with Crippen LogP contribution >= 0.6 is 11.8 Å². The second-order valence-corrected chi connectivity index (χ2v) is 5.16. The Labute approximate surface area is 120 Å². The Kier molecular flexibility index (Phi) is 4.01. The number of hydrogen-bond donors (Lipinski definition) is 1. The number of nitrogens with zero attached hydrogens (tertiary/aromatic N) is 3. The molecule has 1 N–H and O–H groups in total. The van der Waals surface area contributed by atoms with Gasteiger partial charge in [-0.3, -0.25) is 0 Å². The molecule has 0 atom stereocenters. The second-order valence-electron chi connectivity index (χ2n) is 4.13. The molecule has 6 heteroatoms. The Morgan fingerprint density at radius 3 is 2.85 bits per heavy atom. The fraction of sp³-hybridized carbons (Fsp3) is 0.143. The highest BCUT2D eigenvalue weighted by atomic mass is 32.2. The maximum Gasteiger partial charge on any atom is 0.338 e. The molecule has 100 valence electrons. The third kappa shape index (κ3) is 2.78. The highest BCUT2D eigenvalue weighted by Crippen LogP contribution is 2.32. The summed E-state index contributed by atoms with van der Waals surface area (Å²) in [6.45, 7) is 3.54. The number of nitriles is 1. The monoisotopic (exact) mass is 285 g/mol. The lowest BCUT2D eigenvalue weighted by molar-refractivity contribution is 0.0691. The summed E-state index contributed by atoms with van der Waals surface area (Å²) in [5, 5.41) is 18.7. The molecule has 0 bridgehead atoms. The van der Waals surface area contributed by atoms with Gasteiger partial charge in [0.2, 0.25) is 0 Å². The van der Waals surface area contributed by atoms with Crippen molar-refractivity contribution < 1.29 is 9.90 Å². The van der Waals surface area contributed by atoms with Crippen LogP contribution in [0.3, 0.4) is 0 Å². The van der Waals surface area contributed by atoms with Crippen LogP contribution in [0.25, 0.3) is 0 Å². The molecule has 0 unspecified atom stereocenters. The van der Waals surface area contributed by atoms with E-state index in [0.717, 1.165) is 17.5 Å². The van der Waals surface area contributed by atoms with Crippen LogP contribution in [0.5, 0.6) is 0 Å². The molecule has 2 heterocycles. The lowest BCUT2D eigenvalue weighted by Gasteiger charge is -2.09. The van der Waals surface area contributed by atoms with Gasteiger partial charge in [-0.15, -0.1) is 0 Å². The average molecular weight is 285 g/mol. The van der Waals surface area contributed by atoms with E-state index in [9.17, 15) is 9.90 Å². The first-order valence-electron chi connectivity index (χ1n) is 5.77. The van der Waals surface area contributed by atoms with Gasteiger partial charge >= 0.3 is 5.97 Å². The largest absolute Gasteiger partial charge is 0.478 e. The summed E-state index contributed by atoms with van der Waals surface area (Å²) in [4.78, 5) is 20.2. The minimum atomic E-state index is -1.03. The van der Waals surface area contributed by atoms with Crippen LogP contribution in [0.1, 0.15) is 27.3 Å². The molecule has 0 aromatic carbocycles. The van der Waals surface area contributed by atoms with E-state index in [2.05, 4.69) is 9.97 Å². The smallest absolute Gasteiger partial charge is 0.338 e. The SMILES string of the molecule is Cc1cc(C)c(C(=O)O)c(Sc2cccnc2C#N)n1. The molecule has 0 saturated heterocycles. The van der Waals surface area contributed by atoms with E-state index < -0.39 is 5.97 Å². The van der Waals surface area contributed by atoms with Crippen LogP contribution in [-0.4, -0.2) is 21.0 Å². The third-order valence-electron chi connectivity index (χ3n) is 2.61. The number of carboxylic acid groups (broad SMARTS) is 1. The Bertz CT molecular complexity index is 723. The molecular formula is C14H11N3O2S. The van der Waals surface area contributed by atoms with Gasteiger partial charge < -0.3 is 5.11 Å². The van der Waals surface area contributed by atoms with Crippen molar-refractivity contribution in [1.29, 1.82) is 5.26 Å². The number of carboxylic acids is 1. The predicted molar refractivity (Wildman–Crippen MR) is 73.7 cm³/mol. The van der Waals surface area contributed by atoms with E-state index in [0.29, 0.717) is 15.5 Å². The molecule has 20 heavy (non-hydrogen) atoms. The minimum absolute atomic E-state index is 0.161. The average Bonchev–Trinajstić information content (AvgIpc) is 2.38. The van der Waals surface area contributed by atoms with E-state index in [1.54, 1.807) is 32.0 Å². The maximum atomic E-state index is 11.4. The summed E-state index contributed by atoms with van der Waals surface area (Å²) in [6, 6.07) is 7.13. The molecule has 0 radical (unpaired) electrons. The number of hydrogen-bond acceptors (Lipinski definition) is 5. The van der Waals surface area contributed by atoms with Gasteiger partial charge in [0, 0.05) is 11.9 Å². The zero-order valence-corrected chi connectivity index (χ0v) is 11.7. The number of rotatable bonds is 3. The predicted octanol–water partition coefficient (Wildman–Crippen LogP) is 2.81. The zero-order chi connectivity index (χ0) is 14.7. The number of carbonyl (C=O) groups is 1. The van der Waals surface area contributed by atoms with Crippen molar-refractivity contribution in [1.82, 2.24) is 9.97 Å². The van der Waals surface area contributed by atoms with Crippen LogP contribution in [0.2, 0.25) is 0 Å². The summed E-state index contributed by atoms with van der Waals surface area (Å²) >= 11 is 1.15. The second kappa shape index (κ2) is 5.72. The van der Waals surface area contributed by atoms with Gasteiger partial charge in [0.15, 0.2) is 5.69 Å². The first kappa shape index (κ1) is 14.0. The quantitative estimate of drug-likeness (QED) is 0.933. The Balaban J connectivity index is 2.54. The van der Waals surface area contributed by atoms with Crippen molar-refractivity contribution in [3.8, 4) is 6.07 Å². The summed E-state index contributed by atoms with van der Waals surface area (Å²) < 4.78 is 0. The van der Waals surface area contributed by atoms with Crippen molar-refractivity contribution in [3.63, 3.8) is 0 Å². The summed E-state index contributed by atoms with van der Waals surface area (Å²) in [7, 11) is 0. The normalized spacial score (nSPS) is 10.1. The van der Waals surface area contributed by atoms with Gasteiger partial charge in [0.1, 0.15) is 11.1 Å². The van der Waals surface area contributed by atoms with Crippen LogP contribution in [0.15, 0.2) is 34.3 Å². The molecule has 0 aliphatic heterocycles. The third-order valence-corrected chi connectivity index (χ3v) is 3.65. The number of aryl methyl sites for hydroxylation is 2. The Morgan fingerprint density at radius 2 is 2.20 bits per heavy atom. The molecule has 0 spiro atoms. The lowest BCUT2D eigenvalue weighted by Crippen LogP contribution is -2.05. The highest BCUT2D eigenvalue weighted by Gasteiger charge is 2.18. The Morgan fingerprint density at radius 1 is 1.45 bits per heavy atom. The summed E-state index contributed by atoms with van der Waals surface area (Å²) in [5.41, 5.74) is 1.80. The van der Waals surface area contributed by atoms with Crippen molar-refractivity contribution >= 4 is 17.7 Å². The van der Waals surface area contributed by atoms with Crippen LogP contribution in [0, 0.1) is 25.2 Å². The van der Waals surface area contributed by atoms with Crippen LogP contribution in [0.4, 0.5) is 0 Å². The van der Waals surface area contributed by atoms with Crippen LogP contribution in [-0.2, 0) is 0 Å². The molecule has 0 aliphatic rings. The van der Waals surface area contributed by atoms with Crippen molar-refractivity contribution in [2.75, 3.05) is 0 Å². The lowest BCUT2D eigenvalue weighted by atomic mass is 10.1. The fourth-order valence-electron chi connectivity index (χ4n) is 1.80. The molecule has 2 aromatic rings. The molecular weight excluding hydrogens is 274 g/mol. The van der Waals surface area contributed by atoms with E-state index in [-0.39, 0.29) is 11.3 Å². The molecule has 5 nitrogen and oxygen atoms in total. The van der Waals surface area contributed by atoms with Crippen LogP contribution < -0.4 is 0 Å². The van der Waals surface area contributed by atoms with E-state index in [1.165, 1.54) is 6.20 Å². The van der Waals surface area contributed by atoms with Crippen molar-refractivity contribution in [2.24, 2.45) is 0 Å². The zero-order valence-electron chi connectivity index (χ0n) is 10.9. The maximum absolute atomic E-state index is 11.4. The highest BCUT2D eigenvalue weighted by molar-refractivity contribution is 7.99. The first-order chi connectivity index (χ1) is 9.52. The number of aromatic nitrogens is 2. The van der Waals surface area contributed by atoms with Gasteiger partial charge in [-0.25, -0.2) is 14.8 Å². The van der Waals surface area contributed by atoms with Crippen molar-refractivity contribution in [3.05, 3.63) is 46.9 Å². The van der Waals surface area contributed by atoms with Gasteiger partial charge in [0.05, 0.1) is 10.5 Å². The number of pyridine rings is 2. The standard InChI is InChI=1S/C14H11N3O2S/c1-8-6-9(2)17-13(12(8)14(18)19)20-11-4-3-5-16-10(11)7-15/h3-6H,1-2H3,(H,18,19). The molecule has 0 amide bonds. The van der Waals surface area contributed by atoms with E-state index in [1.807, 2.05) is 6.07 Å². The Hall–Kier alpha value is -2.39. The van der Waals surface area contributed by atoms with Gasteiger partial charge in [-0.2, -0.15) is 5.26 Å². The van der Waals surface area contributed by atoms with Crippen molar-refractivity contribution in [2.45, 2.75) is 23.8 Å². The van der Waals surface area contributed by atoms with Gasteiger partial charge in [-0.05, 0) is 37.6 Å². The van der Waals surface area contributed by atoms with Gasteiger partial charge in [0.25, 0.3) is 0 Å². The first-order valence-corrected chi connectivity index (χ1v) is 6.59. The van der Waals surface area contributed by atoms with E-state index in [4.69, 9.17) is 5.26 Å². The fourth-order valence-corrected chi connectivity index (χ4v) is 2.89. The van der Waals surface area contributed by atoms with E-state index >= 15 is 0 Å². The summed E-state index contributed by atoms with van der Waals surface area (Å²) in [5.74, 6) is -1.03. The minimum Gasteiger partial charge on any atom is -0.478 e. The molecule has 0 fully saturated rings. The molecule has 2 aromatic heterocycles. The molecule has 0 saturated carbocycles. The molecule has 0 aliphatic carbocycles. The number of aromatic carboxylic acids is 1. The molecule has 2 rings (SSSR count). The summed E-state index contributed by atoms with van der Waals surface area (Å²) in [6.07, 6.45) is 1.52.